The fourth-order valence-electron chi connectivity index (χ4n) is 3.32. The van der Waals surface area contributed by atoms with E-state index in [0.29, 0.717) is 17.5 Å². The van der Waals surface area contributed by atoms with Crippen LogP contribution in [0.5, 0.6) is 0 Å². The molecule has 1 unspecified atom stereocenters. The van der Waals surface area contributed by atoms with Gasteiger partial charge in [0.1, 0.15) is 0 Å². The molecule has 2 saturated heterocycles. The van der Waals surface area contributed by atoms with Gasteiger partial charge in [0, 0.05) is 41.2 Å². The third kappa shape index (κ3) is 3.23. The van der Waals surface area contributed by atoms with E-state index < -0.39 is 0 Å². The molecular formula is C17H20N2OS2. The Kier molecular flexibility index (Phi) is 4.22. The zero-order valence-electron chi connectivity index (χ0n) is 12.5. The topological polar surface area (TPSA) is 25.4 Å². The first-order chi connectivity index (χ1) is 10.8. The van der Waals surface area contributed by atoms with E-state index in [9.17, 15) is 0 Å². The molecule has 5 heteroatoms. The van der Waals surface area contributed by atoms with Crippen molar-refractivity contribution in [1.29, 1.82) is 0 Å². The Bertz CT molecular complexity index is 596. The van der Waals surface area contributed by atoms with Crippen LogP contribution in [0.2, 0.25) is 0 Å². The summed E-state index contributed by atoms with van der Waals surface area (Å²) in [5.41, 5.74) is 1.03. The van der Waals surface area contributed by atoms with Crippen LogP contribution in [-0.2, 0) is 17.9 Å². The lowest BCUT2D eigenvalue weighted by Gasteiger charge is -2.47. The fraction of sp³-hybridized carbons (Fsp3) is 0.471. The van der Waals surface area contributed by atoms with Gasteiger partial charge in [0.05, 0.1) is 18.4 Å². The van der Waals surface area contributed by atoms with Gasteiger partial charge in [-0.15, -0.1) is 23.1 Å². The highest BCUT2D eigenvalue weighted by atomic mass is 32.2. The number of thioether (sulfide) groups is 1. The van der Waals surface area contributed by atoms with E-state index in [-0.39, 0.29) is 0 Å². The van der Waals surface area contributed by atoms with Crippen LogP contribution in [0.15, 0.2) is 41.9 Å². The van der Waals surface area contributed by atoms with E-state index in [1.165, 1.54) is 24.4 Å². The molecular weight excluding hydrogens is 312 g/mol. The summed E-state index contributed by atoms with van der Waals surface area (Å²) in [7, 11) is 0. The van der Waals surface area contributed by atoms with Gasteiger partial charge in [-0.25, -0.2) is 0 Å². The second kappa shape index (κ2) is 6.32. The van der Waals surface area contributed by atoms with Gasteiger partial charge in [-0.05, 0) is 30.0 Å². The SMILES string of the molecule is c1ccc(COC2CSC3(C2)CN(Cc2cccs2)C3)nc1. The van der Waals surface area contributed by atoms with Crippen molar-refractivity contribution in [3.8, 4) is 0 Å². The van der Waals surface area contributed by atoms with Crippen LogP contribution in [0, 0.1) is 0 Å². The third-order valence-electron chi connectivity index (χ3n) is 4.35. The molecule has 2 aromatic heterocycles. The molecule has 22 heavy (non-hydrogen) atoms. The van der Waals surface area contributed by atoms with E-state index in [4.69, 9.17) is 4.74 Å². The van der Waals surface area contributed by atoms with E-state index in [1.54, 1.807) is 0 Å². The summed E-state index contributed by atoms with van der Waals surface area (Å²) in [4.78, 5) is 8.35. The molecule has 4 rings (SSSR count). The number of hydrogen-bond donors (Lipinski definition) is 0. The zero-order valence-corrected chi connectivity index (χ0v) is 14.1. The molecule has 0 amide bonds. The number of thiophene rings is 1. The summed E-state index contributed by atoms with van der Waals surface area (Å²) < 4.78 is 6.51. The van der Waals surface area contributed by atoms with E-state index in [2.05, 4.69) is 39.2 Å². The van der Waals surface area contributed by atoms with E-state index >= 15 is 0 Å². The predicted octanol–water partition coefficient (Wildman–Crippen LogP) is 3.42. The number of nitrogens with zero attached hydrogens (tertiary/aromatic N) is 2. The highest BCUT2D eigenvalue weighted by Crippen LogP contribution is 2.46. The molecule has 4 heterocycles. The van der Waals surface area contributed by atoms with Crippen molar-refractivity contribution in [3.63, 3.8) is 0 Å². The first-order valence-corrected chi connectivity index (χ1v) is 9.58. The lowest BCUT2D eigenvalue weighted by Crippen LogP contribution is -2.58. The maximum absolute atomic E-state index is 6.06. The lowest BCUT2D eigenvalue weighted by molar-refractivity contribution is 0.0253. The number of aromatic nitrogens is 1. The minimum Gasteiger partial charge on any atom is -0.371 e. The van der Waals surface area contributed by atoms with Crippen LogP contribution >= 0.6 is 23.1 Å². The summed E-state index contributed by atoms with van der Waals surface area (Å²) in [6.07, 6.45) is 3.40. The van der Waals surface area contributed by atoms with Crippen molar-refractivity contribution in [2.75, 3.05) is 18.8 Å². The van der Waals surface area contributed by atoms with E-state index in [0.717, 1.165) is 18.0 Å². The van der Waals surface area contributed by atoms with Gasteiger partial charge >= 0.3 is 0 Å². The van der Waals surface area contributed by atoms with Gasteiger partial charge in [0.2, 0.25) is 0 Å². The summed E-state index contributed by atoms with van der Waals surface area (Å²) in [5, 5.41) is 2.16. The predicted molar refractivity (Wildman–Crippen MR) is 92.2 cm³/mol. The summed E-state index contributed by atoms with van der Waals surface area (Å²) in [6, 6.07) is 10.4. The Morgan fingerprint density at radius 3 is 3.00 bits per heavy atom. The largest absolute Gasteiger partial charge is 0.371 e. The average molecular weight is 332 g/mol. The van der Waals surface area contributed by atoms with Crippen molar-refractivity contribution in [1.82, 2.24) is 9.88 Å². The second-order valence-corrected chi connectivity index (χ2v) is 8.70. The van der Waals surface area contributed by atoms with Gasteiger partial charge in [0.15, 0.2) is 0 Å². The Balaban J connectivity index is 1.23. The highest BCUT2D eigenvalue weighted by Gasteiger charge is 2.49. The lowest BCUT2D eigenvalue weighted by atomic mass is 9.93. The zero-order chi connectivity index (χ0) is 14.8. The molecule has 2 aliphatic heterocycles. The normalized spacial score (nSPS) is 23.7. The molecule has 1 atom stereocenters. The molecule has 2 aliphatic rings. The number of ether oxygens (including phenoxy) is 1. The van der Waals surface area contributed by atoms with E-state index in [1.807, 2.05) is 35.7 Å². The van der Waals surface area contributed by atoms with Crippen molar-refractivity contribution in [3.05, 3.63) is 52.5 Å². The Morgan fingerprint density at radius 2 is 2.23 bits per heavy atom. The molecule has 0 bridgehead atoms. The van der Waals surface area contributed by atoms with Gasteiger partial charge in [0.25, 0.3) is 0 Å². The minimum atomic E-state index is 0.385. The summed E-state index contributed by atoms with van der Waals surface area (Å²) in [5.74, 6) is 1.12. The monoisotopic (exact) mass is 332 g/mol. The van der Waals surface area contributed by atoms with Crippen molar-refractivity contribution < 1.29 is 4.74 Å². The van der Waals surface area contributed by atoms with Crippen LogP contribution in [-0.4, -0.2) is 39.6 Å². The van der Waals surface area contributed by atoms with Gasteiger partial charge in [-0.2, -0.15) is 0 Å². The first-order valence-electron chi connectivity index (χ1n) is 7.72. The second-order valence-electron chi connectivity index (χ2n) is 6.18. The number of rotatable bonds is 5. The molecule has 0 saturated carbocycles. The molecule has 0 aliphatic carbocycles. The molecule has 0 radical (unpaired) electrons. The van der Waals surface area contributed by atoms with Crippen LogP contribution in [0.4, 0.5) is 0 Å². The van der Waals surface area contributed by atoms with Crippen molar-refractivity contribution >= 4 is 23.1 Å². The molecule has 1 spiro atoms. The van der Waals surface area contributed by atoms with Crippen molar-refractivity contribution in [2.45, 2.75) is 30.4 Å². The summed E-state index contributed by atoms with van der Waals surface area (Å²) in [6.45, 7) is 4.17. The molecule has 2 fully saturated rings. The Labute approximate surface area is 139 Å². The molecule has 116 valence electrons. The van der Waals surface area contributed by atoms with Crippen LogP contribution in [0.25, 0.3) is 0 Å². The van der Waals surface area contributed by atoms with Gasteiger partial charge in [-0.3, -0.25) is 9.88 Å². The van der Waals surface area contributed by atoms with Crippen LogP contribution in [0.3, 0.4) is 0 Å². The first kappa shape index (κ1) is 14.7. The van der Waals surface area contributed by atoms with Crippen LogP contribution < -0.4 is 0 Å². The number of likely N-dealkylation sites (tertiary alicyclic amines) is 1. The quantitative estimate of drug-likeness (QED) is 0.838. The Hall–Kier alpha value is -0.880. The molecule has 2 aromatic rings. The van der Waals surface area contributed by atoms with Gasteiger partial charge < -0.3 is 4.74 Å². The standard InChI is InChI=1S/C17H20N2OS2/c1-2-6-18-14(4-1)10-20-15-8-17(22-11-15)12-19(13-17)9-16-5-3-7-21-16/h1-7,15H,8-13H2. The number of pyridine rings is 1. The smallest absolute Gasteiger partial charge is 0.0892 e. The minimum absolute atomic E-state index is 0.385. The maximum Gasteiger partial charge on any atom is 0.0892 e. The fourth-order valence-corrected chi connectivity index (χ4v) is 5.67. The molecule has 0 aromatic carbocycles. The Morgan fingerprint density at radius 1 is 1.27 bits per heavy atom. The highest BCUT2D eigenvalue weighted by molar-refractivity contribution is 8.01. The number of hydrogen-bond acceptors (Lipinski definition) is 5. The summed E-state index contributed by atoms with van der Waals surface area (Å²) >= 11 is 3.97. The van der Waals surface area contributed by atoms with Crippen molar-refractivity contribution in [2.24, 2.45) is 0 Å². The maximum atomic E-state index is 6.06. The average Bonchev–Trinajstić information content (AvgIpc) is 3.16. The van der Waals surface area contributed by atoms with Gasteiger partial charge in [-0.1, -0.05) is 12.1 Å². The third-order valence-corrected chi connectivity index (χ3v) is 6.79. The molecule has 0 N–H and O–H groups in total. The van der Waals surface area contributed by atoms with Crippen LogP contribution in [0.1, 0.15) is 17.0 Å². The molecule has 3 nitrogen and oxygen atoms in total.